The van der Waals surface area contributed by atoms with Crippen molar-refractivity contribution >= 4 is 23.0 Å². The predicted octanol–water partition coefficient (Wildman–Crippen LogP) is 0.568. The Hall–Kier alpha value is -2.38. The van der Waals surface area contributed by atoms with Crippen molar-refractivity contribution in [3.05, 3.63) is 16.6 Å². The first-order valence-electron chi connectivity index (χ1n) is 6.35. The van der Waals surface area contributed by atoms with Crippen molar-refractivity contribution in [2.24, 2.45) is 13.0 Å². The number of rotatable bonds is 5. The van der Waals surface area contributed by atoms with E-state index in [-0.39, 0.29) is 17.4 Å². The van der Waals surface area contributed by atoms with Crippen molar-refractivity contribution < 1.29 is 9.90 Å². The molecule has 0 aromatic carbocycles. The zero-order valence-electron chi connectivity index (χ0n) is 11.5. The van der Waals surface area contributed by atoms with E-state index in [1.807, 2.05) is 13.8 Å². The smallest absolute Gasteiger partial charge is 0.326 e. The second kappa shape index (κ2) is 5.32. The second-order valence-electron chi connectivity index (χ2n) is 4.77. The average molecular weight is 279 g/mol. The number of anilines is 1. The molecule has 0 fully saturated rings. The van der Waals surface area contributed by atoms with Crippen LogP contribution in [0.2, 0.25) is 0 Å². The van der Waals surface area contributed by atoms with E-state index >= 15 is 0 Å². The van der Waals surface area contributed by atoms with Crippen LogP contribution in [0.1, 0.15) is 20.3 Å². The van der Waals surface area contributed by atoms with Gasteiger partial charge < -0.3 is 10.4 Å². The van der Waals surface area contributed by atoms with Crippen LogP contribution in [-0.4, -0.2) is 36.9 Å². The third-order valence-corrected chi connectivity index (χ3v) is 3.37. The van der Waals surface area contributed by atoms with E-state index in [4.69, 9.17) is 0 Å². The van der Waals surface area contributed by atoms with Crippen molar-refractivity contribution in [1.82, 2.24) is 19.7 Å². The third kappa shape index (κ3) is 2.49. The fourth-order valence-electron chi connectivity index (χ4n) is 1.93. The molecule has 0 amide bonds. The second-order valence-corrected chi connectivity index (χ2v) is 4.77. The molecule has 2 aromatic heterocycles. The molecule has 0 aliphatic heterocycles. The first-order chi connectivity index (χ1) is 9.43. The quantitative estimate of drug-likeness (QED) is 0.737. The minimum Gasteiger partial charge on any atom is -0.480 e. The molecule has 0 unspecified atom stereocenters. The van der Waals surface area contributed by atoms with Gasteiger partial charge in [0.2, 0.25) is 5.95 Å². The highest BCUT2D eigenvalue weighted by atomic mass is 16.4. The zero-order valence-corrected chi connectivity index (χ0v) is 11.5. The van der Waals surface area contributed by atoms with E-state index < -0.39 is 12.0 Å². The third-order valence-electron chi connectivity index (χ3n) is 3.37. The summed E-state index contributed by atoms with van der Waals surface area (Å²) in [4.78, 5) is 29.9. The molecule has 2 aromatic rings. The van der Waals surface area contributed by atoms with Crippen LogP contribution in [0.15, 0.2) is 11.0 Å². The highest BCUT2D eigenvalue weighted by Crippen LogP contribution is 2.13. The minimum atomic E-state index is -0.980. The molecule has 20 heavy (non-hydrogen) atoms. The molecule has 2 heterocycles. The predicted molar refractivity (Wildman–Crippen MR) is 73.6 cm³/mol. The number of nitrogens with one attached hydrogen (secondary N) is 2. The molecule has 0 spiro atoms. The van der Waals surface area contributed by atoms with Crippen molar-refractivity contribution in [3.8, 4) is 0 Å². The van der Waals surface area contributed by atoms with E-state index in [2.05, 4.69) is 20.4 Å². The number of carbonyl (C=O) groups is 1. The van der Waals surface area contributed by atoms with E-state index in [0.29, 0.717) is 17.5 Å². The minimum absolute atomic E-state index is 0.0972. The molecule has 0 aliphatic rings. The maximum absolute atomic E-state index is 11.9. The molecule has 2 rings (SSSR count). The Morgan fingerprint density at radius 3 is 2.90 bits per heavy atom. The Labute approximate surface area is 114 Å². The van der Waals surface area contributed by atoms with E-state index in [9.17, 15) is 14.7 Å². The summed E-state index contributed by atoms with van der Waals surface area (Å²) in [5.41, 5.74) is 0.0587. The topological polar surface area (TPSA) is 113 Å². The number of fused-ring (bicyclic) bond motifs is 1. The van der Waals surface area contributed by atoms with Crippen LogP contribution < -0.4 is 10.9 Å². The summed E-state index contributed by atoms with van der Waals surface area (Å²) in [6, 6.07) is -0.811. The number of carboxylic acid groups (broad SMARTS) is 1. The number of aromatic amines is 1. The molecule has 3 N–H and O–H groups in total. The molecule has 8 heteroatoms. The van der Waals surface area contributed by atoms with Gasteiger partial charge in [0.1, 0.15) is 11.4 Å². The normalized spacial score (nSPS) is 14.2. The summed E-state index contributed by atoms with van der Waals surface area (Å²) in [6.45, 7) is 3.73. The standard InChI is InChI=1S/C12H17N5O3/c1-4-6(2)8(11(19)20)14-12-15-9-7(10(18)16-12)5-13-17(9)3/h5-6,8H,4H2,1-3H3,(H,19,20)(H2,14,15,16,18)/t6-,8-/m0/s1. The Bertz CT molecular complexity index is 690. The van der Waals surface area contributed by atoms with Gasteiger partial charge in [-0.1, -0.05) is 20.3 Å². The Balaban J connectivity index is 2.40. The van der Waals surface area contributed by atoms with Gasteiger partial charge in [-0.25, -0.2) is 4.79 Å². The molecule has 2 atom stereocenters. The SMILES string of the molecule is CC[C@H](C)[C@H](Nc1nc2c(cnn2C)c(=O)[nH]1)C(=O)O. The van der Waals surface area contributed by atoms with E-state index in [1.165, 1.54) is 10.9 Å². The van der Waals surface area contributed by atoms with Crippen molar-refractivity contribution in [3.63, 3.8) is 0 Å². The first kappa shape index (κ1) is 14.0. The van der Waals surface area contributed by atoms with Crippen LogP contribution >= 0.6 is 0 Å². The van der Waals surface area contributed by atoms with Crippen LogP contribution in [0, 0.1) is 5.92 Å². The molecular weight excluding hydrogens is 262 g/mol. The lowest BCUT2D eigenvalue weighted by atomic mass is 9.99. The van der Waals surface area contributed by atoms with Gasteiger partial charge in [-0.15, -0.1) is 0 Å². The lowest BCUT2D eigenvalue weighted by molar-refractivity contribution is -0.139. The van der Waals surface area contributed by atoms with E-state index in [1.54, 1.807) is 7.05 Å². The van der Waals surface area contributed by atoms with Crippen LogP contribution in [0.5, 0.6) is 0 Å². The lowest BCUT2D eigenvalue weighted by Crippen LogP contribution is -2.36. The monoisotopic (exact) mass is 279 g/mol. The van der Waals surface area contributed by atoms with Gasteiger partial charge in [-0.05, 0) is 5.92 Å². The van der Waals surface area contributed by atoms with Crippen LogP contribution in [0.3, 0.4) is 0 Å². The summed E-state index contributed by atoms with van der Waals surface area (Å²) in [5.74, 6) is -0.939. The van der Waals surface area contributed by atoms with Crippen molar-refractivity contribution in [2.75, 3.05) is 5.32 Å². The molecule has 8 nitrogen and oxygen atoms in total. The largest absolute Gasteiger partial charge is 0.480 e. The fraction of sp³-hybridized carbons (Fsp3) is 0.500. The number of hydrogen-bond donors (Lipinski definition) is 3. The number of aromatic nitrogens is 4. The highest BCUT2D eigenvalue weighted by Gasteiger charge is 2.24. The van der Waals surface area contributed by atoms with Gasteiger partial charge in [0.15, 0.2) is 5.65 Å². The first-order valence-corrected chi connectivity index (χ1v) is 6.35. The summed E-state index contributed by atoms with van der Waals surface area (Å²) < 4.78 is 1.47. The molecular formula is C12H17N5O3. The Morgan fingerprint density at radius 2 is 2.30 bits per heavy atom. The maximum atomic E-state index is 11.9. The van der Waals surface area contributed by atoms with Crippen LogP contribution in [-0.2, 0) is 11.8 Å². The molecule has 0 saturated carbocycles. The summed E-state index contributed by atoms with van der Waals surface area (Å²) in [7, 11) is 1.67. The van der Waals surface area contributed by atoms with Crippen molar-refractivity contribution in [2.45, 2.75) is 26.3 Å². The maximum Gasteiger partial charge on any atom is 0.326 e. The van der Waals surface area contributed by atoms with E-state index in [0.717, 1.165) is 0 Å². The molecule has 108 valence electrons. The number of nitrogens with zero attached hydrogens (tertiary/aromatic N) is 3. The molecule has 0 aliphatic carbocycles. The van der Waals surface area contributed by atoms with Gasteiger partial charge in [0.25, 0.3) is 5.56 Å². The average Bonchev–Trinajstić information content (AvgIpc) is 2.77. The number of carboxylic acids is 1. The molecule has 0 bridgehead atoms. The summed E-state index contributed by atoms with van der Waals surface area (Å²) in [6.07, 6.45) is 2.12. The van der Waals surface area contributed by atoms with Crippen LogP contribution in [0.25, 0.3) is 11.0 Å². The number of aryl methyl sites for hydroxylation is 1. The van der Waals surface area contributed by atoms with Crippen LogP contribution in [0.4, 0.5) is 5.95 Å². The zero-order chi connectivity index (χ0) is 14.9. The number of hydrogen-bond acceptors (Lipinski definition) is 5. The highest BCUT2D eigenvalue weighted by molar-refractivity contribution is 5.78. The van der Waals surface area contributed by atoms with Gasteiger partial charge in [-0.3, -0.25) is 14.5 Å². The van der Waals surface area contributed by atoms with Crippen molar-refractivity contribution in [1.29, 1.82) is 0 Å². The Kier molecular flexibility index (Phi) is 3.73. The number of aliphatic carboxylic acids is 1. The lowest BCUT2D eigenvalue weighted by Gasteiger charge is -2.20. The van der Waals surface area contributed by atoms with Gasteiger partial charge in [-0.2, -0.15) is 10.1 Å². The fourth-order valence-corrected chi connectivity index (χ4v) is 1.93. The number of H-pyrrole nitrogens is 1. The molecule has 0 radical (unpaired) electrons. The van der Waals surface area contributed by atoms with Gasteiger partial charge >= 0.3 is 5.97 Å². The summed E-state index contributed by atoms with van der Waals surface area (Å²) in [5, 5.41) is 16.3. The van der Waals surface area contributed by atoms with Gasteiger partial charge in [0.05, 0.1) is 6.20 Å². The molecule has 0 saturated heterocycles. The summed E-state index contributed by atoms with van der Waals surface area (Å²) >= 11 is 0. The van der Waals surface area contributed by atoms with Gasteiger partial charge in [0, 0.05) is 7.05 Å². The Morgan fingerprint density at radius 1 is 1.60 bits per heavy atom.